The van der Waals surface area contributed by atoms with Gasteiger partial charge in [0.2, 0.25) is 0 Å². The lowest BCUT2D eigenvalue weighted by atomic mass is 9.87. The van der Waals surface area contributed by atoms with Crippen LogP contribution in [0.4, 0.5) is 4.79 Å². The molecule has 1 fully saturated rings. The Balaban J connectivity index is 1.63. The average molecular weight is 391 g/mol. The zero-order valence-electron chi connectivity index (χ0n) is 17.2. The molecule has 0 aromatic heterocycles. The smallest absolute Gasteiger partial charge is 0.325 e. The van der Waals surface area contributed by atoms with E-state index in [4.69, 9.17) is 10.00 Å². The number of nitrogens with one attached hydrogen (secondary N) is 1. The topological polar surface area (TPSA) is 82.4 Å². The summed E-state index contributed by atoms with van der Waals surface area (Å²) in [6.45, 7) is 8.46. The second-order valence-electron chi connectivity index (χ2n) is 8.32. The number of amides is 3. The first-order chi connectivity index (χ1) is 13.6. The highest BCUT2D eigenvalue weighted by Crippen LogP contribution is 2.29. The van der Waals surface area contributed by atoms with Crippen LogP contribution in [-0.2, 0) is 15.7 Å². The Kier molecular flexibility index (Phi) is 5.34. The Labute approximate surface area is 171 Å². The Morgan fingerprint density at radius 3 is 2.24 bits per heavy atom. The van der Waals surface area contributed by atoms with Crippen LogP contribution in [0.15, 0.2) is 48.5 Å². The van der Waals surface area contributed by atoms with Crippen LogP contribution in [-0.4, -0.2) is 30.0 Å². The number of benzene rings is 2. The molecule has 3 amide bonds. The fraction of sp³-hybridized carbons (Fsp3) is 0.348. The van der Waals surface area contributed by atoms with Gasteiger partial charge in [0.25, 0.3) is 5.91 Å². The van der Waals surface area contributed by atoms with E-state index in [-0.39, 0.29) is 24.5 Å². The van der Waals surface area contributed by atoms with E-state index in [9.17, 15) is 9.59 Å². The van der Waals surface area contributed by atoms with Gasteiger partial charge in [0, 0.05) is 0 Å². The van der Waals surface area contributed by atoms with Crippen molar-refractivity contribution in [1.82, 2.24) is 10.2 Å². The maximum absolute atomic E-state index is 12.9. The maximum Gasteiger partial charge on any atom is 0.325 e. The van der Waals surface area contributed by atoms with Crippen LogP contribution in [0.2, 0.25) is 0 Å². The van der Waals surface area contributed by atoms with Crippen molar-refractivity contribution in [3.63, 3.8) is 0 Å². The van der Waals surface area contributed by atoms with Gasteiger partial charge in [-0.25, -0.2) is 4.79 Å². The van der Waals surface area contributed by atoms with Gasteiger partial charge in [-0.1, -0.05) is 45.0 Å². The highest BCUT2D eigenvalue weighted by atomic mass is 16.5. The Hall–Kier alpha value is -3.33. The van der Waals surface area contributed by atoms with Crippen molar-refractivity contribution < 1.29 is 14.3 Å². The lowest BCUT2D eigenvalue weighted by Crippen LogP contribution is -2.41. The van der Waals surface area contributed by atoms with Crippen LogP contribution in [0, 0.1) is 11.3 Å². The second-order valence-corrected chi connectivity index (χ2v) is 8.32. The number of hydrogen-bond donors (Lipinski definition) is 1. The molecular weight excluding hydrogens is 366 g/mol. The summed E-state index contributed by atoms with van der Waals surface area (Å²) in [6, 6.07) is 16.1. The minimum atomic E-state index is -1.15. The summed E-state index contributed by atoms with van der Waals surface area (Å²) >= 11 is 0. The van der Waals surface area contributed by atoms with E-state index in [2.05, 4.69) is 26.1 Å². The van der Waals surface area contributed by atoms with Crippen molar-refractivity contribution in [3.05, 3.63) is 65.2 Å². The Morgan fingerprint density at radius 1 is 1.07 bits per heavy atom. The summed E-state index contributed by atoms with van der Waals surface area (Å²) < 4.78 is 5.73. The number of ether oxygens (including phenoxy) is 1. The van der Waals surface area contributed by atoms with Gasteiger partial charge in [0.1, 0.15) is 17.9 Å². The monoisotopic (exact) mass is 391 g/mol. The van der Waals surface area contributed by atoms with Gasteiger partial charge in [-0.2, -0.15) is 5.26 Å². The zero-order valence-corrected chi connectivity index (χ0v) is 17.2. The summed E-state index contributed by atoms with van der Waals surface area (Å²) in [6.07, 6.45) is 0. The number of nitrogens with zero attached hydrogens (tertiary/aromatic N) is 2. The van der Waals surface area contributed by atoms with Crippen LogP contribution in [0.25, 0.3) is 0 Å². The molecule has 2 aromatic rings. The SMILES string of the molecule is CC(C)(C)c1ccc(OCCN2C(=O)NC(C)(c3ccc(C#N)cc3)C2=O)cc1. The molecule has 2 aromatic carbocycles. The molecule has 1 aliphatic heterocycles. The number of carbonyl (C=O) groups is 2. The maximum atomic E-state index is 12.9. The van der Waals surface area contributed by atoms with E-state index >= 15 is 0 Å². The first-order valence-electron chi connectivity index (χ1n) is 9.53. The highest BCUT2D eigenvalue weighted by Gasteiger charge is 2.48. The molecule has 6 heteroatoms. The molecular formula is C23H25N3O3. The summed E-state index contributed by atoms with van der Waals surface area (Å²) in [7, 11) is 0. The molecule has 29 heavy (non-hydrogen) atoms. The second kappa shape index (κ2) is 7.59. The van der Waals surface area contributed by atoms with Crippen LogP contribution in [0.3, 0.4) is 0 Å². The van der Waals surface area contributed by atoms with Crippen molar-refractivity contribution in [1.29, 1.82) is 5.26 Å². The molecule has 6 nitrogen and oxygen atoms in total. The van der Waals surface area contributed by atoms with Crippen molar-refractivity contribution in [2.24, 2.45) is 0 Å². The van der Waals surface area contributed by atoms with Crippen LogP contribution < -0.4 is 10.1 Å². The van der Waals surface area contributed by atoms with Crippen molar-refractivity contribution >= 4 is 11.9 Å². The molecule has 1 aliphatic rings. The molecule has 1 unspecified atom stereocenters. The van der Waals surface area contributed by atoms with E-state index < -0.39 is 11.6 Å². The minimum Gasteiger partial charge on any atom is -0.492 e. The molecule has 0 bridgehead atoms. The highest BCUT2D eigenvalue weighted by molar-refractivity contribution is 6.07. The van der Waals surface area contributed by atoms with Gasteiger partial charge in [0.05, 0.1) is 18.2 Å². The Bertz CT molecular complexity index is 953. The van der Waals surface area contributed by atoms with Gasteiger partial charge in [-0.05, 0) is 47.7 Å². The molecule has 0 saturated carbocycles. The van der Waals surface area contributed by atoms with Gasteiger partial charge in [0.15, 0.2) is 0 Å². The lowest BCUT2D eigenvalue weighted by molar-refractivity contribution is -0.131. The molecule has 0 radical (unpaired) electrons. The van der Waals surface area contributed by atoms with E-state index in [1.54, 1.807) is 31.2 Å². The third-order valence-electron chi connectivity index (χ3n) is 5.17. The van der Waals surface area contributed by atoms with Gasteiger partial charge in [-0.15, -0.1) is 0 Å². The first-order valence-corrected chi connectivity index (χ1v) is 9.53. The molecule has 0 spiro atoms. The molecule has 3 rings (SSSR count). The molecule has 0 aliphatic carbocycles. The van der Waals surface area contributed by atoms with E-state index in [1.165, 1.54) is 10.5 Å². The normalized spacial score (nSPS) is 19.1. The van der Waals surface area contributed by atoms with Gasteiger partial charge in [-0.3, -0.25) is 9.69 Å². The van der Waals surface area contributed by atoms with Gasteiger partial charge >= 0.3 is 6.03 Å². The van der Waals surface area contributed by atoms with E-state index in [1.807, 2.05) is 30.3 Å². The predicted molar refractivity (Wildman–Crippen MR) is 109 cm³/mol. The predicted octanol–water partition coefficient (Wildman–Crippen LogP) is 3.70. The number of rotatable bonds is 5. The standard InChI is InChI=1S/C23H25N3O3/c1-22(2,3)17-9-11-19(12-10-17)29-14-13-26-20(27)23(4,25-21(26)28)18-7-5-16(15-24)6-8-18/h5-12H,13-14H2,1-4H3,(H,25,28). The molecule has 1 saturated heterocycles. The zero-order chi connectivity index (χ0) is 21.2. The molecule has 1 heterocycles. The average Bonchev–Trinajstić information content (AvgIpc) is 2.91. The Morgan fingerprint density at radius 2 is 1.69 bits per heavy atom. The summed E-state index contributed by atoms with van der Waals surface area (Å²) in [5, 5.41) is 11.7. The van der Waals surface area contributed by atoms with Gasteiger partial charge < -0.3 is 10.1 Å². The number of nitriles is 1. The van der Waals surface area contributed by atoms with Crippen molar-refractivity contribution in [2.45, 2.75) is 38.6 Å². The molecule has 1 atom stereocenters. The van der Waals surface area contributed by atoms with E-state index in [0.717, 1.165) is 0 Å². The lowest BCUT2D eigenvalue weighted by Gasteiger charge is -2.22. The minimum absolute atomic E-state index is 0.0640. The number of imide groups is 1. The van der Waals surface area contributed by atoms with Crippen molar-refractivity contribution in [2.75, 3.05) is 13.2 Å². The summed E-state index contributed by atoms with van der Waals surface area (Å²) in [4.78, 5) is 26.5. The fourth-order valence-electron chi connectivity index (χ4n) is 3.28. The number of hydrogen-bond acceptors (Lipinski definition) is 4. The van der Waals surface area contributed by atoms with Crippen molar-refractivity contribution in [3.8, 4) is 11.8 Å². The van der Waals surface area contributed by atoms with Crippen LogP contribution in [0.1, 0.15) is 44.4 Å². The fourth-order valence-corrected chi connectivity index (χ4v) is 3.28. The number of urea groups is 1. The summed E-state index contributed by atoms with van der Waals surface area (Å²) in [5.41, 5.74) is 1.25. The summed E-state index contributed by atoms with van der Waals surface area (Å²) in [5.74, 6) is 0.360. The quantitative estimate of drug-likeness (QED) is 0.788. The molecule has 150 valence electrons. The van der Waals surface area contributed by atoms with Crippen LogP contribution in [0.5, 0.6) is 5.75 Å². The largest absolute Gasteiger partial charge is 0.492 e. The third-order valence-corrected chi connectivity index (χ3v) is 5.17. The van der Waals surface area contributed by atoms with E-state index in [0.29, 0.717) is 16.9 Å². The first kappa shape index (κ1) is 20.4. The van der Waals surface area contributed by atoms with Crippen LogP contribution >= 0.6 is 0 Å². The number of carbonyl (C=O) groups excluding carboxylic acids is 2. The molecule has 1 N–H and O–H groups in total. The third kappa shape index (κ3) is 4.09.